The quantitative estimate of drug-likeness (QED) is 0.793. The molecule has 0 saturated heterocycles. The highest BCUT2D eigenvalue weighted by Crippen LogP contribution is 2.07. The maximum absolute atomic E-state index is 3.41. The van der Waals surface area contributed by atoms with Crippen LogP contribution in [0.5, 0.6) is 0 Å². The summed E-state index contributed by atoms with van der Waals surface area (Å²) in [5, 5.41) is 3.41. The normalized spacial score (nSPS) is 9.44. The van der Waals surface area contributed by atoms with E-state index in [0.717, 1.165) is 6.54 Å². The van der Waals surface area contributed by atoms with Gasteiger partial charge in [0.1, 0.15) is 0 Å². The van der Waals surface area contributed by atoms with Crippen molar-refractivity contribution in [2.45, 2.75) is 27.6 Å². The minimum Gasteiger partial charge on any atom is -0.381 e. The highest BCUT2D eigenvalue weighted by Gasteiger charge is 2.01. The maximum Gasteiger partial charge on any atom is 0.169 e. The Kier molecular flexibility index (Phi) is 5.51. The molecule has 0 amide bonds. The second-order valence-electron chi connectivity index (χ2n) is 4.62. The van der Waals surface area contributed by atoms with Gasteiger partial charge in [0.25, 0.3) is 0 Å². The molecular weight excluding hydrogens is 217 g/mol. The Hall–Kier alpha value is -1.70. The van der Waals surface area contributed by atoms with Gasteiger partial charge in [-0.2, -0.15) is 0 Å². The Morgan fingerprint density at radius 3 is 2.11 bits per heavy atom. The van der Waals surface area contributed by atoms with Crippen LogP contribution in [0.1, 0.15) is 14.4 Å². The van der Waals surface area contributed by atoms with Crippen molar-refractivity contribution in [1.29, 1.82) is 0 Å². The summed E-state index contributed by atoms with van der Waals surface area (Å²) >= 11 is 0. The largest absolute Gasteiger partial charge is 0.381 e. The Labute approximate surface area is 113 Å². The topological polar surface area (TPSA) is 12.0 Å². The predicted octanol–water partition coefficient (Wildman–Crippen LogP) is 4.14. The van der Waals surface area contributed by atoms with Crippen molar-refractivity contribution < 1.29 is 1.43 Å². The summed E-state index contributed by atoms with van der Waals surface area (Å²) in [6, 6.07) is 19.1. The lowest BCUT2D eigenvalue weighted by atomic mass is 9.49. The lowest BCUT2D eigenvalue weighted by Gasteiger charge is -2.08. The Balaban J connectivity index is 0.00000162. The first-order valence-corrected chi connectivity index (χ1v) is 6.13. The first kappa shape index (κ1) is 14.4. The van der Waals surface area contributed by atoms with Crippen LogP contribution in [0, 0.1) is 0 Å². The number of hydrogen-bond acceptors (Lipinski definition) is 1. The fourth-order valence-corrected chi connectivity index (χ4v) is 1.78. The molecule has 0 bridgehead atoms. The van der Waals surface area contributed by atoms with Crippen molar-refractivity contribution >= 4 is 17.9 Å². The van der Waals surface area contributed by atoms with Gasteiger partial charge in [-0.05, 0) is 17.7 Å². The van der Waals surface area contributed by atoms with Gasteiger partial charge in [-0.3, -0.25) is 0 Å². The third-order valence-electron chi connectivity index (χ3n) is 2.92. The summed E-state index contributed by atoms with van der Waals surface area (Å²) in [7, 11) is 0. The van der Waals surface area contributed by atoms with Crippen LogP contribution in [-0.4, -0.2) is 6.71 Å². The Morgan fingerprint density at radius 2 is 1.56 bits per heavy atom. The molecule has 0 fully saturated rings. The average Bonchev–Trinajstić information content (AvgIpc) is 2.38. The SMILES string of the molecule is C.CB(C)c1ccc(CNc2ccccc2)cc1.[HH]. The van der Waals surface area contributed by atoms with E-state index in [2.05, 4.69) is 55.4 Å². The minimum atomic E-state index is 0. The molecule has 2 heteroatoms. The van der Waals surface area contributed by atoms with E-state index >= 15 is 0 Å². The third kappa shape index (κ3) is 3.95. The molecule has 0 saturated carbocycles. The lowest BCUT2D eigenvalue weighted by molar-refractivity contribution is 1.15. The average molecular weight is 241 g/mol. The number of nitrogens with one attached hydrogen (secondary N) is 1. The van der Waals surface area contributed by atoms with Gasteiger partial charge in [0.15, 0.2) is 6.71 Å². The van der Waals surface area contributed by atoms with Gasteiger partial charge < -0.3 is 5.32 Å². The summed E-state index contributed by atoms with van der Waals surface area (Å²) in [6.07, 6.45) is 0. The van der Waals surface area contributed by atoms with E-state index in [9.17, 15) is 0 Å². The second kappa shape index (κ2) is 6.90. The van der Waals surface area contributed by atoms with Crippen LogP contribution in [0.2, 0.25) is 13.6 Å². The fourth-order valence-electron chi connectivity index (χ4n) is 1.78. The molecule has 18 heavy (non-hydrogen) atoms. The Morgan fingerprint density at radius 1 is 0.944 bits per heavy atom. The molecule has 0 radical (unpaired) electrons. The van der Waals surface area contributed by atoms with Crippen molar-refractivity contribution in [1.82, 2.24) is 0 Å². The van der Waals surface area contributed by atoms with Gasteiger partial charge in [-0.1, -0.05) is 69.0 Å². The van der Waals surface area contributed by atoms with Crippen molar-refractivity contribution in [3.63, 3.8) is 0 Å². The van der Waals surface area contributed by atoms with Gasteiger partial charge in [-0.25, -0.2) is 0 Å². The lowest BCUT2D eigenvalue weighted by Crippen LogP contribution is -2.22. The molecule has 0 unspecified atom stereocenters. The van der Waals surface area contributed by atoms with Gasteiger partial charge in [0, 0.05) is 13.7 Å². The zero-order chi connectivity index (χ0) is 12.1. The van der Waals surface area contributed by atoms with Crippen LogP contribution in [-0.2, 0) is 6.54 Å². The summed E-state index contributed by atoms with van der Waals surface area (Å²) in [4.78, 5) is 0. The molecule has 2 aromatic rings. The van der Waals surface area contributed by atoms with Crippen LogP contribution in [0.3, 0.4) is 0 Å². The number of hydrogen-bond donors (Lipinski definition) is 1. The fraction of sp³-hybridized carbons (Fsp3) is 0.250. The molecule has 96 valence electrons. The second-order valence-corrected chi connectivity index (χ2v) is 4.62. The third-order valence-corrected chi connectivity index (χ3v) is 2.92. The summed E-state index contributed by atoms with van der Waals surface area (Å²) < 4.78 is 0. The highest BCUT2D eigenvalue weighted by atomic mass is 14.9. The van der Waals surface area contributed by atoms with Gasteiger partial charge in [0.05, 0.1) is 0 Å². The van der Waals surface area contributed by atoms with Crippen LogP contribution < -0.4 is 10.8 Å². The van der Waals surface area contributed by atoms with Crippen LogP contribution in [0.25, 0.3) is 0 Å². The van der Waals surface area contributed by atoms with E-state index < -0.39 is 0 Å². The van der Waals surface area contributed by atoms with Crippen molar-refractivity contribution in [3.8, 4) is 0 Å². The van der Waals surface area contributed by atoms with Crippen molar-refractivity contribution in [2.75, 3.05) is 5.32 Å². The number of benzene rings is 2. The van der Waals surface area contributed by atoms with Gasteiger partial charge >= 0.3 is 0 Å². The van der Waals surface area contributed by atoms with E-state index in [1.54, 1.807) is 0 Å². The molecule has 0 aromatic heterocycles. The molecule has 0 spiro atoms. The predicted molar refractivity (Wildman–Crippen MR) is 86.2 cm³/mol. The monoisotopic (exact) mass is 241 g/mol. The summed E-state index contributed by atoms with van der Waals surface area (Å²) in [5.41, 5.74) is 3.88. The minimum absolute atomic E-state index is 0. The van der Waals surface area contributed by atoms with Crippen LogP contribution in [0.15, 0.2) is 54.6 Å². The van der Waals surface area contributed by atoms with E-state index in [0.29, 0.717) is 6.71 Å². The molecular formula is C16H24BN. The maximum atomic E-state index is 3.41. The standard InChI is InChI=1S/C15H18BN.CH4.H2/c1-16(2)14-10-8-13(9-11-14)12-17-15-6-4-3-5-7-15;;/h3-11,17H,12H2,1-2H3;1H4;1H. The van der Waals surface area contributed by atoms with Crippen molar-refractivity contribution in [2.24, 2.45) is 0 Å². The van der Waals surface area contributed by atoms with Crippen LogP contribution in [0.4, 0.5) is 5.69 Å². The van der Waals surface area contributed by atoms with E-state index in [-0.39, 0.29) is 8.85 Å². The Bertz CT molecular complexity index is 454. The van der Waals surface area contributed by atoms with E-state index in [1.807, 2.05) is 18.2 Å². The molecule has 0 aliphatic carbocycles. The molecule has 0 aliphatic heterocycles. The van der Waals surface area contributed by atoms with E-state index in [1.165, 1.54) is 16.7 Å². The first-order valence-electron chi connectivity index (χ1n) is 6.13. The molecule has 2 rings (SSSR count). The molecule has 1 nitrogen and oxygen atoms in total. The number of rotatable bonds is 4. The molecule has 1 N–H and O–H groups in total. The molecule has 0 atom stereocenters. The molecule has 0 heterocycles. The first-order chi connectivity index (χ1) is 8.25. The smallest absolute Gasteiger partial charge is 0.169 e. The summed E-state index contributed by atoms with van der Waals surface area (Å²) in [5.74, 6) is 0. The van der Waals surface area contributed by atoms with E-state index in [4.69, 9.17) is 0 Å². The number of para-hydroxylation sites is 1. The van der Waals surface area contributed by atoms with Gasteiger partial charge in [-0.15, -0.1) is 0 Å². The number of anilines is 1. The van der Waals surface area contributed by atoms with Crippen LogP contribution >= 0.6 is 0 Å². The van der Waals surface area contributed by atoms with Crippen molar-refractivity contribution in [3.05, 3.63) is 60.2 Å². The zero-order valence-electron chi connectivity index (χ0n) is 10.5. The molecule has 0 aliphatic rings. The molecule has 2 aromatic carbocycles. The summed E-state index contributed by atoms with van der Waals surface area (Å²) in [6.45, 7) is 5.92. The zero-order valence-corrected chi connectivity index (χ0v) is 10.5. The van der Waals surface area contributed by atoms with Gasteiger partial charge in [0.2, 0.25) is 0 Å². The highest BCUT2D eigenvalue weighted by molar-refractivity contribution is 6.70.